The number of fused-ring (bicyclic) bond motifs is 1. The van der Waals surface area contributed by atoms with Crippen molar-refractivity contribution in [1.82, 2.24) is 4.57 Å². The molecule has 0 aliphatic carbocycles. The minimum atomic E-state index is -4.53. The number of benzene rings is 3. The lowest BCUT2D eigenvalue weighted by Gasteiger charge is -2.15. The van der Waals surface area contributed by atoms with Crippen molar-refractivity contribution in [2.75, 3.05) is 7.11 Å². The second-order valence-corrected chi connectivity index (χ2v) is 8.78. The second-order valence-electron chi connectivity index (χ2n) is 8.37. The fraction of sp³-hybridized carbons (Fsp3) is 0.222. The fourth-order valence-electron chi connectivity index (χ4n) is 3.88. The molecule has 1 atom stereocenters. The number of methoxy groups -OCH3 is 1. The maximum Gasteiger partial charge on any atom is 0.416 e. The Morgan fingerprint density at radius 2 is 1.73 bits per heavy atom. The van der Waals surface area contributed by atoms with Crippen molar-refractivity contribution >= 4 is 28.5 Å². The summed E-state index contributed by atoms with van der Waals surface area (Å²) in [5, 5.41) is 9.88. The molecule has 0 unspecified atom stereocenters. The summed E-state index contributed by atoms with van der Waals surface area (Å²) in [5.41, 5.74) is 0.782. The normalized spacial score (nSPS) is 12.4. The van der Waals surface area contributed by atoms with Gasteiger partial charge in [0.1, 0.15) is 17.2 Å². The van der Waals surface area contributed by atoms with Gasteiger partial charge in [0.15, 0.2) is 11.9 Å². The molecular formula is C27H23ClF3NO5. The average molecular weight is 534 g/mol. The summed E-state index contributed by atoms with van der Waals surface area (Å²) >= 11 is 6.18. The van der Waals surface area contributed by atoms with E-state index in [1.165, 1.54) is 13.0 Å². The molecule has 4 rings (SSSR count). The largest absolute Gasteiger partial charge is 0.497 e. The third kappa shape index (κ3) is 5.61. The quantitative estimate of drug-likeness (QED) is 0.257. The Kier molecular flexibility index (Phi) is 7.27. The van der Waals surface area contributed by atoms with Crippen LogP contribution in [0.2, 0.25) is 5.02 Å². The number of aromatic nitrogens is 1. The first-order valence-electron chi connectivity index (χ1n) is 11.2. The number of ether oxygens (including phenoxy) is 3. The van der Waals surface area contributed by atoms with Gasteiger partial charge in [-0.1, -0.05) is 17.7 Å². The van der Waals surface area contributed by atoms with Crippen LogP contribution in [-0.2, 0) is 17.5 Å². The number of carboxylic acids is 1. The van der Waals surface area contributed by atoms with Gasteiger partial charge in [0.2, 0.25) is 0 Å². The van der Waals surface area contributed by atoms with Gasteiger partial charge in [-0.25, -0.2) is 4.79 Å². The first-order valence-corrected chi connectivity index (χ1v) is 11.6. The van der Waals surface area contributed by atoms with Gasteiger partial charge in [-0.15, -0.1) is 0 Å². The number of nitrogens with zero attached hydrogens (tertiary/aromatic N) is 1. The Balaban J connectivity index is 1.79. The van der Waals surface area contributed by atoms with Crippen LogP contribution in [0.3, 0.4) is 0 Å². The summed E-state index contributed by atoms with van der Waals surface area (Å²) in [4.78, 5) is 11.2. The van der Waals surface area contributed by atoms with Crippen molar-refractivity contribution in [2.45, 2.75) is 32.7 Å². The van der Waals surface area contributed by atoms with Crippen LogP contribution >= 0.6 is 11.6 Å². The van der Waals surface area contributed by atoms with E-state index in [4.69, 9.17) is 30.9 Å². The maximum atomic E-state index is 13.6. The van der Waals surface area contributed by atoms with E-state index in [0.717, 1.165) is 12.1 Å². The molecule has 6 nitrogen and oxygen atoms in total. The molecule has 0 spiro atoms. The Morgan fingerprint density at radius 3 is 2.35 bits per heavy atom. The van der Waals surface area contributed by atoms with Crippen LogP contribution in [0.15, 0.2) is 60.7 Å². The van der Waals surface area contributed by atoms with E-state index in [1.54, 1.807) is 61.1 Å². The lowest BCUT2D eigenvalue weighted by molar-refractivity contribution is -0.144. The summed E-state index contributed by atoms with van der Waals surface area (Å²) in [6.07, 6.45) is -5.66. The van der Waals surface area contributed by atoms with E-state index in [9.17, 15) is 18.0 Å². The van der Waals surface area contributed by atoms with Crippen molar-refractivity contribution in [2.24, 2.45) is 0 Å². The third-order valence-corrected chi connectivity index (χ3v) is 6.17. The molecule has 3 aromatic carbocycles. The summed E-state index contributed by atoms with van der Waals surface area (Å²) in [6, 6.07) is 15.2. The van der Waals surface area contributed by atoms with Crippen LogP contribution in [0.4, 0.5) is 13.2 Å². The Bertz CT molecular complexity index is 1450. The van der Waals surface area contributed by atoms with Crippen LogP contribution in [0, 0.1) is 6.92 Å². The molecule has 194 valence electrons. The minimum absolute atomic E-state index is 0.157. The molecule has 1 aromatic heterocycles. The van der Waals surface area contributed by atoms with E-state index in [-0.39, 0.29) is 17.3 Å². The van der Waals surface area contributed by atoms with Gasteiger partial charge in [-0.05, 0) is 74.0 Å². The summed E-state index contributed by atoms with van der Waals surface area (Å²) in [5.74, 6) is 0.549. The van der Waals surface area contributed by atoms with Gasteiger partial charge >= 0.3 is 12.1 Å². The smallest absolute Gasteiger partial charge is 0.416 e. The molecule has 0 saturated heterocycles. The molecule has 1 N–H and O–H groups in total. The predicted molar refractivity (Wildman–Crippen MR) is 133 cm³/mol. The van der Waals surface area contributed by atoms with E-state index in [0.29, 0.717) is 39.4 Å². The Hall–Kier alpha value is -3.85. The lowest BCUT2D eigenvalue weighted by Crippen LogP contribution is -2.23. The van der Waals surface area contributed by atoms with Crippen molar-refractivity contribution in [3.63, 3.8) is 0 Å². The minimum Gasteiger partial charge on any atom is -0.497 e. The van der Waals surface area contributed by atoms with Crippen LogP contribution in [0.25, 0.3) is 10.9 Å². The molecule has 0 aliphatic rings. The number of aliphatic carboxylic acids is 1. The fourth-order valence-corrected chi connectivity index (χ4v) is 4.04. The summed E-state index contributed by atoms with van der Waals surface area (Å²) in [6.45, 7) is 3.28. The standard InChI is InChI=1S/C27H23ClF3NO5/c1-15-25(37-20-8-6-19(35-3)7-9-20)21-10-5-18(27(29,30)31)13-23(21)32(15)14-17-4-11-22(28)24(12-17)36-16(2)26(33)34/h4-13,16H,14H2,1-3H3,(H,33,34)/t16-/m1/s1. The van der Waals surface area contributed by atoms with Gasteiger partial charge in [0, 0.05) is 11.9 Å². The van der Waals surface area contributed by atoms with Crippen LogP contribution in [0.5, 0.6) is 23.0 Å². The van der Waals surface area contributed by atoms with E-state index in [1.807, 2.05) is 0 Å². The number of rotatable bonds is 8. The highest BCUT2D eigenvalue weighted by atomic mass is 35.5. The molecule has 0 fully saturated rings. The van der Waals surface area contributed by atoms with Gasteiger partial charge in [0.25, 0.3) is 0 Å². The van der Waals surface area contributed by atoms with E-state index in [2.05, 4.69) is 0 Å². The first-order chi connectivity index (χ1) is 17.5. The molecule has 0 saturated carbocycles. The first kappa shape index (κ1) is 26.2. The van der Waals surface area contributed by atoms with Crippen LogP contribution < -0.4 is 14.2 Å². The van der Waals surface area contributed by atoms with E-state index < -0.39 is 23.8 Å². The van der Waals surface area contributed by atoms with Crippen LogP contribution in [0.1, 0.15) is 23.7 Å². The Morgan fingerprint density at radius 1 is 1.05 bits per heavy atom. The zero-order valence-electron chi connectivity index (χ0n) is 20.1. The molecule has 4 aromatic rings. The number of carboxylic acid groups (broad SMARTS) is 1. The SMILES string of the molecule is COc1ccc(Oc2c(C)n(Cc3ccc(Cl)c(O[C@H](C)C(=O)O)c3)c3cc(C(F)(F)F)ccc23)cc1. The van der Waals surface area contributed by atoms with Gasteiger partial charge in [0.05, 0.1) is 28.9 Å². The molecule has 0 radical (unpaired) electrons. The molecule has 0 amide bonds. The molecule has 10 heteroatoms. The van der Waals surface area contributed by atoms with Gasteiger partial charge in [-0.2, -0.15) is 13.2 Å². The van der Waals surface area contributed by atoms with Gasteiger partial charge < -0.3 is 23.9 Å². The number of alkyl halides is 3. The monoisotopic (exact) mass is 533 g/mol. The van der Waals surface area contributed by atoms with Gasteiger partial charge in [-0.3, -0.25) is 0 Å². The summed E-state index contributed by atoms with van der Waals surface area (Å²) in [7, 11) is 1.54. The topological polar surface area (TPSA) is 69.9 Å². The van der Waals surface area contributed by atoms with Crippen molar-refractivity contribution in [3.8, 4) is 23.0 Å². The molecule has 1 heterocycles. The van der Waals surface area contributed by atoms with Crippen LogP contribution in [-0.4, -0.2) is 28.9 Å². The molecule has 37 heavy (non-hydrogen) atoms. The second kappa shape index (κ2) is 10.3. The van der Waals surface area contributed by atoms with Crippen molar-refractivity contribution < 1.29 is 37.3 Å². The highest BCUT2D eigenvalue weighted by molar-refractivity contribution is 6.32. The zero-order chi connectivity index (χ0) is 26.9. The number of hydrogen-bond donors (Lipinski definition) is 1. The number of carbonyl (C=O) groups is 1. The molecule has 0 aliphatic heterocycles. The number of halogens is 4. The maximum absolute atomic E-state index is 13.6. The Labute approximate surface area is 215 Å². The summed E-state index contributed by atoms with van der Waals surface area (Å²) < 4.78 is 59.1. The highest BCUT2D eigenvalue weighted by Gasteiger charge is 2.31. The molecular weight excluding hydrogens is 511 g/mol. The number of hydrogen-bond acceptors (Lipinski definition) is 4. The lowest BCUT2D eigenvalue weighted by atomic mass is 10.1. The third-order valence-electron chi connectivity index (χ3n) is 5.86. The van der Waals surface area contributed by atoms with E-state index >= 15 is 0 Å². The molecule has 0 bridgehead atoms. The van der Waals surface area contributed by atoms with Crippen molar-refractivity contribution in [3.05, 3.63) is 82.5 Å². The zero-order valence-corrected chi connectivity index (χ0v) is 20.9. The average Bonchev–Trinajstić information content (AvgIpc) is 3.11. The van der Waals surface area contributed by atoms with Crippen molar-refractivity contribution in [1.29, 1.82) is 0 Å². The highest BCUT2D eigenvalue weighted by Crippen LogP contribution is 2.40. The predicted octanol–water partition coefficient (Wildman–Crippen LogP) is 7.32.